The van der Waals surface area contributed by atoms with Gasteiger partial charge >= 0.3 is 6.18 Å². The number of nitrogens with one attached hydrogen (secondary N) is 1. The molecule has 2 rings (SSSR count). The van der Waals surface area contributed by atoms with Crippen LogP contribution in [0.25, 0.3) is 0 Å². The van der Waals surface area contributed by atoms with Gasteiger partial charge in [-0.25, -0.2) is 0 Å². The van der Waals surface area contributed by atoms with Gasteiger partial charge in [0.2, 0.25) is 5.91 Å². The molecule has 1 fully saturated rings. The van der Waals surface area contributed by atoms with Crippen LogP contribution < -0.4 is 11.1 Å². The van der Waals surface area contributed by atoms with Crippen LogP contribution >= 0.6 is 0 Å². The van der Waals surface area contributed by atoms with E-state index in [2.05, 4.69) is 5.32 Å². The number of halogens is 3. The smallest absolute Gasteiger partial charge is 0.354 e. The van der Waals surface area contributed by atoms with Gasteiger partial charge < -0.3 is 11.1 Å². The number of rotatable bonds is 5. The maximum absolute atomic E-state index is 12.5. The lowest BCUT2D eigenvalue weighted by atomic mass is 10.1. The van der Waals surface area contributed by atoms with E-state index in [1.165, 1.54) is 12.1 Å². The van der Waals surface area contributed by atoms with Crippen LogP contribution in [0.1, 0.15) is 24.0 Å². The van der Waals surface area contributed by atoms with Gasteiger partial charge in [0.15, 0.2) is 0 Å². The SMILES string of the molecule is NC(CNC(=O)Cc1cccc(C(F)(F)F)c1)C1CC1. The third-order valence-electron chi connectivity index (χ3n) is 3.38. The maximum Gasteiger partial charge on any atom is 0.416 e. The highest BCUT2D eigenvalue weighted by Gasteiger charge is 2.30. The van der Waals surface area contributed by atoms with Gasteiger partial charge in [0.25, 0.3) is 0 Å². The summed E-state index contributed by atoms with van der Waals surface area (Å²) >= 11 is 0. The molecule has 3 N–H and O–H groups in total. The second kappa shape index (κ2) is 5.83. The van der Waals surface area contributed by atoms with Gasteiger partial charge in [0.1, 0.15) is 0 Å². The monoisotopic (exact) mass is 286 g/mol. The summed E-state index contributed by atoms with van der Waals surface area (Å²) in [5, 5.41) is 2.67. The number of hydrogen-bond donors (Lipinski definition) is 2. The summed E-state index contributed by atoms with van der Waals surface area (Å²) in [7, 11) is 0. The van der Waals surface area contributed by atoms with Gasteiger partial charge in [-0.3, -0.25) is 4.79 Å². The second-order valence-corrected chi connectivity index (χ2v) is 5.18. The summed E-state index contributed by atoms with van der Waals surface area (Å²) in [4.78, 5) is 11.7. The zero-order chi connectivity index (χ0) is 14.8. The quantitative estimate of drug-likeness (QED) is 0.871. The molecule has 1 aromatic carbocycles. The Bertz CT molecular complexity index is 484. The fraction of sp³-hybridized carbons (Fsp3) is 0.500. The Morgan fingerprint density at radius 3 is 2.70 bits per heavy atom. The van der Waals surface area contributed by atoms with E-state index < -0.39 is 11.7 Å². The lowest BCUT2D eigenvalue weighted by Gasteiger charge is -2.12. The van der Waals surface area contributed by atoms with Crippen molar-refractivity contribution in [2.75, 3.05) is 6.54 Å². The molecule has 0 aliphatic heterocycles. The van der Waals surface area contributed by atoms with Crippen LogP contribution in [0.2, 0.25) is 0 Å². The predicted molar refractivity (Wildman–Crippen MR) is 68.9 cm³/mol. The number of nitrogens with two attached hydrogens (primary N) is 1. The molecule has 6 heteroatoms. The van der Waals surface area contributed by atoms with Crippen molar-refractivity contribution >= 4 is 5.91 Å². The first-order valence-corrected chi connectivity index (χ1v) is 6.54. The van der Waals surface area contributed by atoms with Crippen molar-refractivity contribution < 1.29 is 18.0 Å². The largest absolute Gasteiger partial charge is 0.416 e. The number of benzene rings is 1. The Hall–Kier alpha value is -1.56. The van der Waals surface area contributed by atoms with Crippen molar-refractivity contribution in [1.82, 2.24) is 5.32 Å². The molecule has 0 bridgehead atoms. The van der Waals surface area contributed by atoms with Gasteiger partial charge in [-0.15, -0.1) is 0 Å². The van der Waals surface area contributed by atoms with Gasteiger partial charge in [0, 0.05) is 12.6 Å². The third-order valence-corrected chi connectivity index (χ3v) is 3.38. The van der Waals surface area contributed by atoms with Gasteiger partial charge in [-0.1, -0.05) is 18.2 Å². The van der Waals surface area contributed by atoms with Crippen molar-refractivity contribution in [2.45, 2.75) is 31.5 Å². The van der Waals surface area contributed by atoms with E-state index in [0.717, 1.165) is 25.0 Å². The van der Waals surface area contributed by atoms with Crippen LogP contribution in [0.3, 0.4) is 0 Å². The molecule has 0 aromatic heterocycles. The summed E-state index contributed by atoms with van der Waals surface area (Å²) in [5.41, 5.74) is 5.44. The highest BCUT2D eigenvalue weighted by Crippen LogP contribution is 2.31. The summed E-state index contributed by atoms with van der Waals surface area (Å²) in [5.74, 6) is 0.171. The molecule has 1 unspecified atom stereocenters. The molecule has 0 radical (unpaired) electrons. The Morgan fingerprint density at radius 2 is 2.10 bits per heavy atom. The molecule has 0 saturated heterocycles. The standard InChI is InChI=1S/C14H17F3N2O/c15-14(16,17)11-3-1-2-9(6-11)7-13(20)19-8-12(18)10-4-5-10/h1-3,6,10,12H,4-5,7-8,18H2,(H,19,20). The minimum atomic E-state index is -4.39. The lowest BCUT2D eigenvalue weighted by molar-refractivity contribution is -0.137. The summed E-state index contributed by atoms with van der Waals surface area (Å²) < 4.78 is 37.6. The van der Waals surface area contributed by atoms with Crippen LogP contribution in [0, 0.1) is 5.92 Å². The van der Waals surface area contributed by atoms with Gasteiger partial charge in [-0.2, -0.15) is 13.2 Å². The van der Waals surface area contributed by atoms with E-state index in [1.54, 1.807) is 0 Å². The van der Waals surface area contributed by atoms with E-state index >= 15 is 0 Å². The summed E-state index contributed by atoms with van der Waals surface area (Å²) in [6.07, 6.45) is -2.28. The topological polar surface area (TPSA) is 55.1 Å². The lowest BCUT2D eigenvalue weighted by Crippen LogP contribution is -2.39. The molecule has 3 nitrogen and oxygen atoms in total. The Balaban J connectivity index is 1.87. The predicted octanol–water partition coefficient (Wildman–Crippen LogP) is 2.10. The Kier molecular flexibility index (Phi) is 4.32. The minimum absolute atomic E-state index is 0.0551. The number of alkyl halides is 3. The summed E-state index contributed by atoms with van der Waals surface area (Å²) in [6.45, 7) is 0.377. The zero-order valence-corrected chi connectivity index (χ0v) is 10.9. The molecule has 1 aliphatic rings. The Labute approximate surface area is 115 Å². The normalized spacial score (nSPS) is 16.8. The minimum Gasteiger partial charge on any atom is -0.354 e. The summed E-state index contributed by atoms with van der Waals surface area (Å²) in [6, 6.07) is 4.75. The first-order chi connectivity index (χ1) is 9.36. The van der Waals surface area contributed by atoms with E-state index in [-0.39, 0.29) is 18.4 Å². The molecule has 20 heavy (non-hydrogen) atoms. The molecule has 1 aromatic rings. The molecular weight excluding hydrogens is 269 g/mol. The first-order valence-electron chi connectivity index (χ1n) is 6.54. The van der Waals surface area contributed by atoms with E-state index in [1.807, 2.05) is 0 Å². The van der Waals surface area contributed by atoms with Gasteiger partial charge in [-0.05, 0) is 30.4 Å². The molecule has 110 valence electrons. The number of carbonyl (C=O) groups excluding carboxylic acids is 1. The van der Waals surface area contributed by atoms with Crippen molar-refractivity contribution in [2.24, 2.45) is 11.7 Å². The fourth-order valence-corrected chi connectivity index (χ4v) is 2.03. The third kappa shape index (κ3) is 4.23. The maximum atomic E-state index is 12.5. The van der Waals surface area contributed by atoms with Crippen LogP contribution in [-0.2, 0) is 17.4 Å². The zero-order valence-electron chi connectivity index (χ0n) is 10.9. The van der Waals surface area contributed by atoms with E-state index in [4.69, 9.17) is 5.73 Å². The molecule has 1 saturated carbocycles. The average Bonchev–Trinajstić information content (AvgIpc) is 3.19. The molecule has 1 aliphatic carbocycles. The molecule has 0 heterocycles. The fourth-order valence-electron chi connectivity index (χ4n) is 2.03. The van der Waals surface area contributed by atoms with Crippen molar-refractivity contribution in [3.63, 3.8) is 0 Å². The van der Waals surface area contributed by atoms with E-state index in [0.29, 0.717) is 18.0 Å². The average molecular weight is 286 g/mol. The number of amides is 1. The second-order valence-electron chi connectivity index (χ2n) is 5.18. The van der Waals surface area contributed by atoms with Crippen LogP contribution in [0.4, 0.5) is 13.2 Å². The van der Waals surface area contributed by atoms with E-state index in [9.17, 15) is 18.0 Å². The van der Waals surface area contributed by atoms with Crippen molar-refractivity contribution in [3.05, 3.63) is 35.4 Å². The first kappa shape index (κ1) is 14.8. The Morgan fingerprint density at radius 1 is 1.40 bits per heavy atom. The van der Waals surface area contributed by atoms with Crippen molar-refractivity contribution in [3.8, 4) is 0 Å². The molecular formula is C14H17F3N2O. The highest BCUT2D eigenvalue weighted by atomic mass is 19.4. The number of carbonyl (C=O) groups is 1. The molecule has 1 amide bonds. The molecule has 0 spiro atoms. The molecule has 1 atom stereocenters. The van der Waals surface area contributed by atoms with Crippen molar-refractivity contribution in [1.29, 1.82) is 0 Å². The number of hydrogen-bond acceptors (Lipinski definition) is 2. The van der Waals surface area contributed by atoms with Crippen LogP contribution in [0.5, 0.6) is 0 Å². The van der Waals surface area contributed by atoms with Crippen LogP contribution in [0.15, 0.2) is 24.3 Å². The van der Waals surface area contributed by atoms with Gasteiger partial charge in [0.05, 0.1) is 12.0 Å². The highest BCUT2D eigenvalue weighted by molar-refractivity contribution is 5.78. The van der Waals surface area contributed by atoms with Crippen LogP contribution in [-0.4, -0.2) is 18.5 Å².